The Hall–Kier alpha value is -3.04. The molecule has 25 heavy (non-hydrogen) atoms. The van der Waals surface area contributed by atoms with E-state index in [-0.39, 0.29) is 5.91 Å². The van der Waals surface area contributed by atoms with Crippen molar-refractivity contribution >= 4 is 34.1 Å². The second-order valence-electron chi connectivity index (χ2n) is 5.79. The highest BCUT2D eigenvalue weighted by Crippen LogP contribution is 2.26. The van der Waals surface area contributed by atoms with Crippen molar-refractivity contribution < 1.29 is 4.79 Å². The standard InChI is InChI=1S/C21H15ClN2O/c22-18-9-5-4-8-17(18)21(25)23-16-10-11-19-15(12-16)13-20(24-19)14-6-2-1-3-7-14/h1-13,24H,(H,23,25). The summed E-state index contributed by atoms with van der Waals surface area (Å²) < 4.78 is 0. The smallest absolute Gasteiger partial charge is 0.257 e. The van der Waals surface area contributed by atoms with Crippen LogP contribution in [0.2, 0.25) is 5.02 Å². The van der Waals surface area contributed by atoms with Crippen molar-refractivity contribution in [3.05, 3.63) is 89.4 Å². The lowest BCUT2D eigenvalue weighted by Gasteiger charge is -2.06. The third kappa shape index (κ3) is 3.14. The van der Waals surface area contributed by atoms with E-state index in [1.165, 1.54) is 0 Å². The first-order valence-corrected chi connectivity index (χ1v) is 8.32. The second kappa shape index (κ2) is 6.46. The molecule has 0 aliphatic carbocycles. The summed E-state index contributed by atoms with van der Waals surface area (Å²) in [7, 11) is 0. The number of carbonyl (C=O) groups excluding carboxylic acids is 1. The topological polar surface area (TPSA) is 44.9 Å². The first kappa shape index (κ1) is 15.5. The highest BCUT2D eigenvalue weighted by Gasteiger charge is 2.10. The van der Waals surface area contributed by atoms with Gasteiger partial charge in [-0.1, -0.05) is 54.1 Å². The minimum atomic E-state index is -0.219. The predicted octanol–water partition coefficient (Wildman–Crippen LogP) is 5.74. The van der Waals surface area contributed by atoms with Crippen molar-refractivity contribution in [3.8, 4) is 11.3 Å². The van der Waals surface area contributed by atoms with Crippen LogP contribution < -0.4 is 5.32 Å². The molecule has 0 unspecified atom stereocenters. The second-order valence-corrected chi connectivity index (χ2v) is 6.19. The maximum absolute atomic E-state index is 12.4. The summed E-state index contributed by atoms with van der Waals surface area (Å²) in [5.74, 6) is -0.219. The van der Waals surface area contributed by atoms with Crippen molar-refractivity contribution in [2.45, 2.75) is 0 Å². The first-order chi connectivity index (χ1) is 12.2. The third-order valence-electron chi connectivity index (χ3n) is 4.08. The van der Waals surface area contributed by atoms with Crippen LogP contribution in [0.25, 0.3) is 22.2 Å². The normalized spacial score (nSPS) is 10.8. The Morgan fingerprint density at radius 2 is 1.64 bits per heavy atom. The maximum atomic E-state index is 12.4. The highest BCUT2D eigenvalue weighted by atomic mass is 35.5. The van der Waals surface area contributed by atoms with Gasteiger partial charge in [-0.2, -0.15) is 0 Å². The number of aromatic nitrogens is 1. The summed E-state index contributed by atoms with van der Waals surface area (Å²) in [6.45, 7) is 0. The van der Waals surface area contributed by atoms with Gasteiger partial charge in [0.25, 0.3) is 5.91 Å². The maximum Gasteiger partial charge on any atom is 0.257 e. The molecule has 0 bridgehead atoms. The number of benzene rings is 3. The van der Waals surface area contributed by atoms with Crippen LogP contribution in [-0.4, -0.2) is 10.9 Å². The average Bonchev–Trinajstić information content (AvgIpc) is 3.06. The van der Waals surface area contributed by atoms with Gasteiger partial charge < -0.3 is 10.3 Å². The number of aromatic amines is 1. The van der Waals surface area contributed by atoms with Crippen molar-refractivity contribution in [1.29, 1.82) is 0 Å². The molecule has 3 aromatic carbocycles. The lowest BCUT2D eigenvalue weighted by Crippen LogP contribution is -2.12. The molecule has 1 heterocycles. The summed E-state index contributed by atoms with van der Waals surface area (Å²) in [5, 5.41) is 4.38. The summed E-state index contributed by atoms with van der Waals surface area (Å²) in [4.78, 5) is 15.8. The summed E-state index contributed by atoms with van der Waals surface area (Å²) in [5.41, 5.74) is 4.39. The Balaban J connectivity index is 1.63. The summed E-state index contributed by atoms with van der Waals surface area (Å²) in [6, 6.07) is 25.0. The third-order valence-corrected chi connectivity index (χ3v) is 4.41. The Kier molecular flexibility index (Phi) is 4.00. The Labute approximate surface area is 150 Å². The molecule has 0 atom stereocenters. The molecular weight excluding hydrogens is 332 g/mol. The number of rotatable bonds is 3. The minimum Gasteiger partial charge on any atom is -0.355 e. The molecule has 122 valence electrons. The van der Waals surface area contributed by atoms with Gasteiger partial charge in [0.15, 0.2) is 0 Å². The predicted molar refractivity (Wildman–Crippen MR) is 103 cm³/mol. The fourth-order valence-corrected chi connectivity index (χ4v) is 3.05. The van der Waals surface area contributed by atoms with Gasteiger partial charge in [0.1, 0.15) is 0 Å². The van der Waals surface area contributed by atoms with Gasteiger partial charge in [-0.05, 0) is 42.0 Å². The molecule has 1 amide bonds. The van der Waals surface area contributed by atoms with Crippen LogP contribution in [0.5, 0.6) is 0 Å². The number of anilines is 1. The number of halogens is 1. The van der Waals surface area contributed by atoms with Gasteiger partial charge in [-0.15, -0.1) is 0 Å². The van der Waals surface area contributed by atoms with E-state index in [2.05, 4.69) is 28.5 Å². The van der Waals surface area contributed by atoms with E-state index >= 15 is 0 Å². The molecule has 0 saturated carbocycles. The number of fused-ring (bicyclic) bond motifs is 1. The monoisotopic (exact) mass is 346 g/mol. The zero-order valence-corrected chi connectivity index (χ0v) is 14.0. The molecule has 3 nitrogen and oxygen atoms in total. The number of hydrogen-bond acceptors (Lipinski definition) is 1. The van der Waals surface area contributed by atoms with Crippen LogP contribution in [0.4, 0.5) is 5.69 Å². The fraction of sp³-hybridized carbons (Fsp3) is 0. The molecule has 4 rings (SSSR count). The van der Waals surface area contributed by atoms with Crippen molar-refractivity contribution in [2.75, 3.05) is 5.32 Å². The van der Waals surface area contributed by atoms with Gasteiger partial charge >= 0.3 is 0 Å². The van der Waals surface area contributed by atoms with E-state index in [0.29, 0.717) is 10.6 Å². The summed E-state index contributed by atoms with van der Waals surface area (Å²) >= 11 is 6.09. The molecule has 0 spiro atoms. The lowest BCUT2D eigenvalue weighted by molar-refractivity contribution is 0.102. The number of amides is 1. The fourth-order valence-electron chi connectivity index (χ4n) is 2.83. The van der Waals surface area contributed by atoms with Crippen LogP contribution in [0, 0.1) is 0 Å². The van der Waals surface area contributed by atoms with E-state index < -0.39 is 0 Å². The minimum absolute atomic E-state index is 0.219. The van der Waals surface area contributed by atoms with Gasteiger partial charge in [0, 0.05) is 22.3 Å². The zero-order chi connectivity index (χ0) is 17.2. The van der Waals surface area contributed by atoms with E-state index in [1.54, 1.807) is 24.3 Å². The van der Waals surface area contributed by atoms with Crippen LogP contribution in [0.1, 0.15) is 10.4 Å². The van der Waals surface area contributed by atoms with Gasteiger partial charge in [-0.3, -0.25) is 4.79 Å². The molecule has 0 aliphatic heterocycles. The number of hydrogen-bond donors (Lipinski definition) is 2. The van der Waals surface area contributed by atoms with Crippen LogP contribution >= 0.6 is 11.6 Å². The Morgan fingerprint density at radius 3 is 2.44 bits per heavy atom. The first-order valence-electron chi connectivity index (χ1n) is 7.95. The van der Waals surface area contributed by atoms with E-state index in [0.717, 1.165) is 27.8 Å². The molecule has 2 N–H and O–H groups in total. The molecule has 4 aromatic rings. The quantitative estimate of drug-likeness (QED) is 0.488. The lowest BCUT2D eigenvalue weighted by atomic mass is 10.1. The van der Waals surface area contributed by atoms with Crippen molar-refractivity contribution in [2.24, 2.45) is 0 Å². The van der Waals surface area contributed by atoms with Crippen molar-refractivity contribution in [1.82, 2.24) is 4.98 Å². The number of H-pyrrole nitrogens is 1. The zero-order valence-electron chi connectivity index (χ0n) is 13.3. The summed E-state index contributed by atoms with van der Waals surface area (Å²) in [6.07, 6.45) is 0. The number of carbonyl (C=O) groups is 1. The van der Waals surface area contributed by atoms with Gasteiger partial charge in [0.2, 0.25) is 0 Å². The van der Waals surface area contributed by atoms with Gasteiger partial charge in [-0.25, -0.2) is 0 Å². The Bertz CT molecular complexity index is 1050. The Morgan fingerprint density at radius 1 is 0.880 bits per heavy atom. The van der Waals surface area contributed by atoms with Crippen LogP contribution in [0.15, 0.2) is 78.9 Å². The van der Waals surface area contributed by atoms with Crippen LogP contribution in [-0.2, 0) is 0 Å². The average molecular weight is 347 g/mol. The molecule has 0 fully saturated rings. The van der Waals surface area contributed by atoms with Gasteiger partial charge in [0.05, 0.1) is 10.6 Å². The largest absolute Gasteiger partial charge is 0.355 e. The molecular formula is C21H15ClN2O. The van der Waals surface area contributed by atoms with E-state index in [9.17, 15) is 4.79 Å². The SMILES string of the molecule is O=C(Nc1ccc2[nH]c(-c3ccccc3)cc2c1)c1ccccc1Cl. The molecule has 1 aromatic heterocycles. The van der Waals surface area contributed by atoms with Crippen molar-refractivity contribution in [3.63, 3.8) is 0 Å². The van der Waals surface area contributed by atoms with Crippen LogP contribution in [0.3, 0.4) is 0 Å². The number of nitrogens with one attached hydrogen (secondary N) is 2. The molecule has 4 heteroatoms. The molecule has 0 saturated heterocycles. The van der Waals surface area contributed by atoms with E-state index in [4.69, 9.17) is 11.6 Å². The molecule has 0 aliphatic rings. The highest BCUT2D eigenvalue weighted by molar-refractivity contribution is 6.34. The van der Waals surface area contributed by atoms with E-state index in [1.807, 2.05) is 36.4 Å². The molecule has 0 radical (unpaired) electrons.